The van der Waals surface area contributed by atoms with Gasteiger partial charge in [-0.3, -0.25) is 14.5 Å². The number of benzene rings is 3. The largest absolute Gasteiger partial charge is 0.497 e. The highest BCUT2D eigenvalue weighted by Gasteiger charge is 2.18. The zero-order chi connectivity index (χ0) is 22.1. The summed E-state index contributed by atoms with van der Waals surface area (Å²) in [6, 6.07) is 22.1. The number of carbonyl (C=O) groups excluding carboxylic acids is 1. The van der Waals surface area contributed by atoms with Crippen LogP contribution in [0, 0.1) is 4.77 Å². The summed E-state index contributed by atoms with van der Waals surface area (Å²) in [4.78, 5) is 12.7. The van der Waals surface area contributed by atoms with E-state index in [1.807, 2.05) is 34.9 Å². The monoisotopic (exact) mass is 442 g/mol. The van der Waals surface area contributed by atoms with Gasteiger partial charge in [0.1, 0.15) is 5.75 Å². The number of fused-ring (bicyclic) bond motifs is 3. The minimum atomic E-state index is -0.0655. The molecule has 1 aliphatic rings. The van der Waals surface area contributed by atoms with Crippen LogP contribution < -0.4 is 10.1 Å². The van der Waals surface area contributed by atoms with E-state index in [0.717, 1.165) is 23.4 Å². The fourth-order valence-corrected chi connectivity index (χ4v) is 4.37. The first kappa shape index (κ1) is 20.2. The molecule has 4 aromatic rings. The van der Waals surface area contributed by atoms with Gasteiger partial charge in [0, 0.05) is 24.2 Å². The number of hydrogen-bond acceptors (Lipinski definition) is 4. The lowest BCUT2D eigenvalue weighted by atomic mass is 10.1. The number of anilines is 1. The van der Waals surface area contributed by atoms with E-state index in [1.165, 1.54) is 22.3 Å². The average Bonchev–Trinajstić information content (AvgIpc) is 3.37. The Hall–Kier alpha value is -3.71. The van der Waals surface area contributed by atoms with Crippen molar-refractivity contribution in [2.75, 3.05) is 12.4 Å². The first-order chi connectivity index (χ1) is 15.6. The number of nitrogens with zero attached hydrogens (tertiary/aromatic N) is 2. The molecule has 32 heavy (non-hydrogen) atoms. The molecule has 0 unspecified atom stereocenters. The van der Waals surface area contributed by atoms with E-state index in [9.17, 15) is 4.79 Å². The number of hydrogen-bond donors (Lipinski definition) is 2. The van der Waals surface area contributed by atoms with Crippen LogP contribution in [0.4, 0.5) is 5.69 Å². The van der Waals surface area contributed by atoms with Crippen molar-refractivity contribution >= 4 is 23.8 Å². The SMILES string of the molecule is COc1ccc(-c2n[nH]c(=S)n2CCC(=O)Nc2ccc3c(c2)Cc2ccccc2-3)cc1. The molecule has 0 fully saturated rings. The molecule has 1 aliphatic carbocycles. The summed E-state index contributed by atoms with van der Waals surface area (Å²) in [7, 11) is 1.63. The maximum Gasteiger partial charge on any atom is 0.226 e. The quantitative estimate of drug-likeness (QED) is 0.354. The van der Waals surface area contributed by atoms with E-state index in [2.05, 4.69) is 51.9 Å². The van der Waals surface area contributed by atoms with Gasteiger partial charge in [-0.25, -0.2) is 0 Å². The molecule has 5 rings (SSSR count). The Balaban J connectivity index is 1.27. The maximum atomic E-state index is 12.7. The van der Waals surface area contributed by atoms with Gasteiger partial charge in [-0.2, -0.15) is 5.10 Å². The Labute approximate surface area is 190 Å². The summed E-state index contributed by atoms with van der Waals surface area (Å²) in [5.74, 6) is 1.40. The Kier molecular flexibility index (Phi) is 5.33. The third kappa shape index (κ3) is 3.83. The highest BCUT2D eigenvalue weighted by Crippen LogP contribution is 2.37. The number of rotatable bonds is 6. The third-order valence-corrected chi connectivity index (χ3v) is 6.06. The van der Waals surface area contributed by atoms with Gasteiger partial charge in [-0.15, -0.1) is 0 Å². The number of nitrogens with one attached hydrogen (secondary N) is 2. The fourth-order valence-electron chi connectivity index (χ4n) is 4.15. The summed E-state index contributed by atoms with van der Waals surface area (Å²) in [6.07, 6.45) is 1.18. The Morgan fingerprint density at radius 2 is 1.88 bits per heavy atom. The van der Waals surface area contributed by atoms with Gasteiger partial charge < -0.3 is 10.1 Å². The van der Waals surface area contributed by atoms with Crippen molar-refractivity contribution in [1.29, 1.82) is 0 Å². The van der Waals surface area contributed by atoms with E-state index >= 15 is 0 Å². The molecule has 3 aromatic carbocycles. The number of carbonyl (C=O) groups is 1. The summed E-state index contributed by atoms with van der Waals surface area (Å²) in [5, 5.41) is 10.2. The maximum absolute atomic E-state index is 12.7. The van der Waals surface area contributed by atoms with Crippen LogP contribution in [0.3, 0.4) is 0 Å². The van der Waals surface area contributed by atoms with E-state index < -0.39 is 0 Å². The second-order valence-electron chi connectivity index (χ2n) is 7.74. The number of amides is 1. The van der Waals surface area contributed by atoms with Crippen LogP contribution in [0.1, 0.15) is 17.5 Å². The van der Waals surface area contributed by atoms with Crippen LogP contribution in [0.5, 0.6) is 5.75 Å². The first-order valence-electron chi connectivity index (χ1n) is 10.4. The van der Waals surface area contributed by atoms with Crippen molar-refractivity contribution < 1.29 is 9.53 Å². The fraction of sp³-hybridized carbons (Fsp3) is 0.160. The molecule has 1 heterocycles. The normalized spacial score (nSPS) is 11.7. The molecule has 7 heteroatoms. The predicted octanol–water partition coefficient (Wildman–Crippen LogP) is 5.22. The van der Waals surface area contributed by atoms with Crippen molar-refractivity contribution in [2.45, 2.75) is 19.4 Å². The standard InChI is InChI=1S/C25H22N4O2S/c1-31-20-9-6-16(7-10-20)24-27-28-25(32)29(24)13-12-23(30)26-19-8-11-22-18(15-19)14-17-4-2-3-5-21(17)22/h2-11,15H,12-14H2,1H3,(H,26,30)(H,28,32). The smallest absolute Gasteiger partial charge is 0.226 e. The zero-order valence-corrected chi connectivity index (χ0v) is 18.4. The van der Waals surface area contributed by atoms with Gasteiger partial charge in [-0.05, 0) is 77.3 Å². The lowest BCUT2D eigenvalue weighted by molar-refractivity contribution is -0.116. The number of aromatic nitrogens is 3. The molecule has 0 atom stereocenters. The van der Waals surface area contributed by atoms with Crippen LogP contribution >= 0.6 is 12.2 Å². The molecule has 0 saturated carbocycles. The minimum Gasteiger partial charge on any atom is -0.497 e. The highest BCUT2D eigenvalue weighted by molar-refractivity contribution is 7.71. The average molecular weight is 443 g/mol. The number of H-pyrrole nitrogens is 1. The van der Waals surface area contributed by atoms with Crippen LogP contribution in [0.2, 0.25) is 0 Å². The molecule has 1 amide bonds. The lowest BCUT2D eigenvalue weighted by Crippen LogP contribution is -2.15. The molecular weight excluding hydrogens is 420 g/mol. The second kappa shape index (κ2) is 8.43. The Morgan fingerprint density at radius 3 is 2.69 bits per heavy atom. The highest BCUT2D eigenvalue weighted by atomic mass is 32.1. The molecule has 0 aliphatic heterocycles. The molecule has 0 spiro atoms. The summed E-state index contributed by atoms with van der Waals surface area (Å²) >= 11 is 5.38. The van der Waals surface area contributed by atoms with Crippen LogP contribution in [-0.2, 0) is 17.8 Å². The van der Waals surface area contributed by atoms with Crippen molar-refractivity contribution in [2.24, 2.45) is 0 Å². The number of methoxy groups -OCH3 is 1. The van der Waals surface area contributed by atoms with Crippen LogP contribution in [0.15, 0.2) is 66.7 Å². The number of aromatic amines is 1. The topological polar surface area (TPSA) is 71.9 Å². The number of ether oxygens (including phenoxy) is 1. The van der Waals surface area contributed by atoms with Crippen molar-refractivity contribution in [1.82, 2.24) is 14.8 Å². The lowest BCUT2D eigenvalue weighted by Gasteiger charge is -2.10. The van der Waals surface area contributed by atoms with Crippen LogP contribution in [-0.4, -0.2) is 27.8 Å². The molecule has 2 N–H and O–H groups in total. The Morgan fingerprint density at radius 1 is 1.09 bits per heavy atom. The molecular formula is C25H22N4O2S. The predicted molar refractivity (Wildman–Crippen MR) is 127 cm³/mol. The molecule has 1 aromatic heterocycles. The minimum absolute atomic E-state index is 0.0655. The van der Waals surface area contributed by atoms with Gasteiger partial charge >= 0.3 is 0 Å². The van der Waals surface area contributed by atoms with Crippen LogP contribution in [0.25, 0.3) is 22.5 Å². The zero-order valence-electron chi connectivity index (χ0n) is 17.6. The molecule has 0 bridgehead atoms. The van der Waals surface area contributed by atoms with Gasteiger partial charge in [-0.1, -0.05) is 30.3 Å². The molecule has 0 radical (unpaired) electrons. The Bertz CT molecular complexity index is 1360. The van der Waals surface area contributed by atoms with E-state index in [1.54, 1.807) is 7.11 Å². The summed E-state index contributed by atoms with van der Waals surface area (Å²) in [6.45, 7) is 0.429. The van der Waals surface area contributed by atoms with E-state index in [4.69, 9.17) is 17.0 Å². The van der Waals surface area contributed by atoms with Gasteiger partial charge in [0.2, 0.25) is 5.91 Å². The summed E-state index contributed by atoms with van der Waals surface area (Å²) in [5.41, 5.74) is 6.80. The first-order valence-corrected chi connectivity index (χ1v) is 10.8. The van der Waals surface area contributed by atoms with E-state index in [-0.39, 0.29) is 12.3 Å². The van der Waals surface area contributed by atoms with E-state index in [0.29, 0.717) is 17.1 Å². The van der Waals surface area contributed by atoms with Gasteiger partial charge in [0.25, 0.3) is 0 Å². The molecule has 0 saturated heterocycles. The molecule has 6 nitrogen and oxygen atoms in total. The summed E-state index contributed by atoms with van der Waals surface area (Å²) < 4.78 is 7.54. The van der Waals surface area contributed by atoms with Crippen molar-refractivity contribution in [3.8, 4) is 28.3 Å². The van der Waals surface area contributed by atoms with Crippen molar-refractivity contribution in [3.05, 3.63) is 82.6 Å². The van der Waals surface area contributed by atoms with Crippen molar-refractivity contribution in [3.63, 3.8) is 0 Å². The second-order valence-corrected chi connectivity index (χ2v) is 8.12. The molecule has 160 valence electrons. The van der Waals surface area contributed by atoms with Gasteiger partial charge in [0.15, 0.2) is 10.6 Å². The van der Waals surface area contributed by atoms with Gasteiger partial charge in [0.05, 0.1) is 7.11 Å². The third-order valence-electron chi connectivity index (χ3n) is 5.75.